The van der Waals surface area contributed by atoms with Crippen molar-refractivity contribution in [2.45, 2.75) is 26.3 Å². The largest absolute Gasteiger partial charge is 0.363 e. The fourth-order valence-electron chi connectivity index (χ4n) is 2.70. The molecule has 2 aromatic carbocycles. The molecule has 3 nitrogen and oxygen atoms in total. The number of hydrogen-bond donors (Lipinski definition) is 1. The van der Waals surface area contributed by atoms with E-state index in [1.807, 2.05) is 0 Å². The molecule has 0 aliphatic rings. The van der Waals surface area contributed by atoms with Gasteiger partial charge < -0.3 is 5.32 Å². The summed E-state index contributed by atoms with van der Waals surface area (Å²) in [6.07, 6.45) is -2.90. The van der Waals surface area contributed by atoms with Gasteiger partial charge in [0.25, 0.3) is 6.43 Å². The van der Waals surface area contributed by atoms with Crippen LogP contribution in [0.15, 0.2) is 34.8 Å². The molecule has 26 heavy (non-hydrogen) atoms. The summed E-state index contributed by atoms with van der Waals surface area (Å²) < 4.78 is 54.2. The van der Waals surface area contributed by atoms with E-state index in [9.17, 15) is 17.6 Å². The number of rotatable bonds is 4. The van der Waals surface area contributed by atoms with Crippen molar-refractivity contribution >= 4 is 32.7 Å². The first-order valence-electron chi connectivity index (χ1n) is 7.74. The van der Waals surface area contributed by atoms with Crippen molar-refractivity contribution in [3.63, 3.8) is 0 Å². The number of nitrogens with zero attached hydrogens (tertiary/aromatic N) is 2. The zero-order valence-electron chi connectivity index (χ0n) is 13.8. The molecular formula is C18H14BrF4N3. The van der Waals surface area contributed by atoms with Crippen LogP contribution in [0, 0.1) is 18.6 Å². The molecule has 0 saturated heterocycles. The van der Waals surface area contributed by atoms with E-state index >= 15 is 0 Å². The third-order valence-electron chi connectivity index (χ3n) is 3.96. The van der Waals surface area contributed by atoms with Crippen molar-refractivity contribution in [1.82, 2.24) is 9.97 Å². The molecule has 0 radical (unpaired) electrons. The summed E-state index contributed by atoms with van der Waals surface area (Å²) >= 11 is 3.12. The lowest BCUT2D eigenvalue weighted by atomic mass is 10.0. The SMILES string of the molecule is Cc1nc(N[C@H](C)c2cccc(C(F)F)c2F)c2cc(Br)c(F)cc2n1. The minimum absolute atomic E-state index is 0.0911. The number of benzene rings is 2. The van der Waals surface area contributed by atoms with Crippen LogP contribution in [-0.2, 0) is 0 Å². The summed E-state index contributed by atoms with van der Waals surface area (Å²) in [5, 5.41) is 3.55. The molecule has 0 amide bonds. The molecule has 3 rings (SSSR count). The number of anilines is 1. The summed E-state index contributed by atoms with van der Waals surface area (Å²) in [4.78, 5) is 8.48. The van der Waals surface area contributed by atoms with Crippen LogP contribution in [0.2, 0.25) is 0 Å². The second-order valence-corrected chi connectivity index (χ2v) is 6.67. The summed E-state index contributed by atoms with van der Waals surface area (Å²) in [5.41, 5.74) is -0.173. The molecule has 1 heterocycles. The van der Waals surface area contributed by atoms with E-state index < -0.39 is 29.7 Å². The minimum Gasteiger partial charge on any atom is -0.363 e. The van der Waals surface area contributed by atoms with Gasteiger partial charge in [0, 0.05) is 17.0 Å². The van der Waals surface area contributed by atoms with E-state index in [0.29, 0.717) is 22.5 Å². The molecule has 0 aliphatic carbocycles. The Morgan fingerprint density at radius 1 is 1.08 bits per heavy atom. The van der Waals surface area contributed by atoms with E-state index in [4.69, 9.17) is 0 Å². The van der Waals surface area contributed by atoms with Gasteiger partial charge in [-0.3, -0.25) is 0 Å². The maximum absolute atomic E-state index is 14.4. The number of aromatic nitrogens is 2. The molecule has 136 valence electrons. The summed E-state index contributed by atoms with van der Waals surface area (Å²) in [7, 11) is 0. The molecular weight excluding hydrogens is 414 g/mol. The predicted octanol–water partition coefficient (Wildman–Crippen LogP) is 6.09. The summed E-state index contributed by atoms with van der Waals surface area (Å²) in [6, 6.07) is 6.01. The van der Waals surface area contributed by atoms with Crippen LogP contribution in [-0.4, -0.2) is 9.97 Å². The molecule has 0 unspecified atom stereocenters. The number of nitrogens with one attached hydrogen (secondary N) is 1. The number of halogens is 5. The fourth-order valence-corrected chi connectivity index (χ4v) is 3.05. The van der Waals surface area contributed by atoms with Gasteiger partial charge in [-0.25, -0.2) is 27.5 Å². The second-order valence-electron chi connectivity index (χ2n) is 5.82. The van der Waals surface area contributed by atoms with Crippen LogP contribution in [0.1, 0.15) is 36.3 Å². The Morgan fingerprint density at radius 3 is 2.46 bits per heavy atom. The third kappa shape index (κ3) is 3.51. The average Bonchev–Trinajstić information content (AvgIpc) is 2.56. The first kappa shape index (κ1) is 18.6. The number of alkyl halides is 2. The van der Waals surface area contributed by atoms with Gasteiger partial charge in [-0.05, 0) is 35.8 Å². The average molecular weight is 428 g/mol. The van der Waals surface area contributed by atoms with Crippen molar-refractivity contribution in [2.75, 3.05) is 5.32 Å². The Kier molecular flexibility index (Phi) is 5.13. The smallest absolute Gasteiger partial charge is 0.266 e. The van der Waals surface area contributed by atoms with Gasteiger partial charge in [-0.1, -0.05) is 18.2 Å². The molecule has 0 bridgehead atoms. The van der Waals surface area contributed by atoms with Gasteiger partial charge >= 0.3 is 0 Å². The highest BCUT2D eigenvalue weighted by Gasteiger charge is 2.20. The summed E-state index contributed by atoms with van der Waals surface area (Å²) in [6.45, 7) is 3.28. The lowest BCUT2D eigenvalue weighted by molar-refractivity contribution is 0.146. The standard InChI is InChI=1S/C18H14BrF4N3/c1-8(10-4-3-5-11(16(10)21)17(22)23)24-18-12-6-13(19)14(20)7-15(12)25-9(2)26-18/h3-8,17H,1-2H3,(H,24,25,26)/t8-/m1/s1. The van der Waals surface area contributed by atoms with Crippen LogP contribution in [0.4, 0.5) is 23.4 Å². The molecule has 0 fully saturated rings. The van der Waals surface area contributed by atoms with Crippen LogP contribution in [0.5, 0.6) is 0 Å². The van der Waals surface area contributed by atoms with Crippen molar-refractivity contribution < 1.29 is 17.6 Å². The Hall–Kier alpha value is -2.22. The molecule has 0 saturated carbocycles. The van der Waals surface area contributed by atoms with E-state index in [-0.39, 0.29) is 10.0 Å². The van der Waals surface area contributed by atoms with Gasteiger partial charge in [0.1, 0.15) is 23.3 Å². The third-order valence-corrected chi connectivity index (χ3v) is 4.57. The summed E-state index contributed by atoms with van der Waals surface area (Å²) in [5.74, 6) is -0.659. The lowest BCUT2D eigenvalue weighted by Gasteiger charge is -2.18. The Morgan fingerprint density at radius 2 is 1.77 bits per heavy atom. The monoisotopic (exact) mass is 427 g/mol. The quantitative estimate of drug-likeness (QED) is 0.511. The van der Waals surface area contributed by atoms with Crippen molar-refractivity contribution in [1.29, 1.82) is 0 Å². The fraction of sp³-hybridized carbons (Fsp3) is 0.222. The van der Waals surface area contributed by atoms with Gasteiger partial charge in [0.15, 0.2) is 0 Å². The highest BCUT2D eigenvalue weighted by atomic mass is 79.9. The van der Waals surface area contributed by atoms with Crippen LogP contribution < -0.4 is 5.32 Å². The first-order chi connectivity index (χ1) is 12.3. The minimum atomic E-state index is -2.90. The molecule has 3 aromatic rings. The Balaban J connectivity index is 2.04. The molecule has 8 heteroatoms. The molecule has 1 N–H and O–H groups in total. The van der Waals surface area contributed by atoms with Gasteiger partial charge in [-0.2, -0.15) is 0 Å². The molecule has 1 aromatic heterocycles. The molecule has 0 aliphatic heterocycles. The van der Waals surface area contributed by atoms with Gasteiger partial charge in [0.2, 0.25) is 0 Å². The maximum Gasteiger partial charge on any atom is 0.266 e. The van der Waals surface area contributed by atoms with E-state index in [1.165, 1.54) is 24.3 Å². The second kappa shape index (κ2) is 7.19. The topological polar surface area (TPSA) is 37.8 Å². The molecule has 1 atom stereocenters. The van der Waals surface area contributed by atoms with Gasteiger partial charge in [-0.15, -0.1) is 0 Å². The van der Waals surface area contributed by atoms with Crippen molar-refractivity contribution in [3.8, 4) is 0 Å². The van der Waals surface area contributed by atoms with Crippen LogP contribution >= 0.6 is 15.9 Å². The number of hydrogen-bond acceptors (Lipinski definition) is 3. The zero-order valence-corrected chi connectivity index (χ0v) is 15.4. The van der Waals surface area contributed by atoms with Gasteiger partial charge in [0.05, 0.1) is 21.6 Å². The van der Waals surface area contributed by atoms with Crippen molar-refractivity contribution in [3.05, 3.63) is 63.4 Å². The number of fused-ring (bicyclic) bond motifs is 1. The highest BCUT2D eigenvalue weighted by Crippen LogP contribution is 2.31. The van der Waals surface area contributed by atoms with E-state index in [0.717, 1.165) is 6.07 Å². The zero-order chi connectivity index (χ0) is 19.0. The maximum atomic E-state index is 14.4. The number of aryl methyl sites for hydroxylation is 1. The van der Waals surface area contributed by atoms with Crippen LogP contribution in [0.3, 0.4) is 0 Å². The van der Waals surface area contributed by atoms with E-state index in [1.54, 1.807) is 13.8 Å². The van der Waals surface area contributed by atoms with Crippen LogP contribution in [0.25, 0.3) is 10.9 Å². The highest BCUT2D eigenvalue weighted by molar-refractivity contribution is 9.10. The Labute approximate surface area is 155 Å². The predicted molar refractivity (Wildman–Crippen MR) is 95.3 cm³/mol. The first-order valence-corrected chi connectivity index (χ1v) is 8.53. The van der Waals surface area contributed by atoms with E-state index in [2.05, 4.69) is 31.2 Å². The normalized spacial score (nSPS) is 12.6. The Bertz CT molecular complexity index is 978. The van der Waals surface area contributed by atoms with Crippen molar-refractivity contribution in [2.24, 2.45) is 0 Å². The lowest BCUT2D eigenvalue weighted by Crippen LogP contribution is -2.12. The molecule has 0 spiro atoms.